The van der Waals surface area contributed by atoms with Gasteiger partial charge >= 0.3 is 0 Å². The second-order valence-electron chi connectivity index (χ2n) is 12.9. The van der Waals surface area contributed by atoms with E-state index in [0.29, 0.717) is 17.5 Å². The number of quaternary nitrogens is 1. The van der Waals surface area contributed by atoms with Crippen molar-refractivity contribution in [2.75, 3.05) is 45.0 Å². The number of piperazine rings is 1. The third-order valence-corrected chi connectivity index (χ3v) is 10.1. The van der Waals surface area contributed by atoms with Gasteiger partial charge in [0.1, 0.15) is 18.2 Å². The quantitative estimate of drug-likeness (QED) is 0.156. The Morgan fingerprint density at radius 1 is 0.857 bits per heavy atom. The third-order valence-electron chi connectivity index (χ3n) is 9.30. The number of nitrogens with one attached hydrogen (secondary N) is 1. The van der Waals surface area contributed by atoms with Crippen LogP contribution in [0.25, 0.3) is 5.78 Å². The Hall–Kier alpha value is -3.71. The molecule has 258 valence electrons. The van der Waals surface area contributed by atoms with E-state index in [4.69, 9.17) is 4.98 Å². The zero-order valence-electron chi connectivity index (χ0n) is 28.1. The van der Waals surface area contributed by atoms with Crippen molar-refractivity contribution in [2.45, 2.75) is 45.4 Å². The molecule has 0 atom stereocenters. The summed E-state index contributed by atoms with van der Waals surface area (Å²) in [7, 11) is 0. The number of halogens is 3. The van der Waals surface area contributed by atoms with Crippen LogP contribution in [0.15, 0.2) is 78.0 Å². The topological polar surface area (TPSA) is 75.4 Å². The summed E-state index contributed by atoms with van der Waals surface area (Å²) in [6.45, 7) is 12.5. The molecule has 2 aromatic heterocycles. The van der Waals surface area contributed by atoms with Gasteiger partial charge < -0.3 is 26.8 Å². The second-order valence-corrected chi connectivity index (χ2v) is 13.8. The van der Waals surface area contributed by atoms with Crippen LogP contribution in [0.4, 0.5) is 8.78 Å². The van der Waals surface area contributed by atoms with Gasteiger partial charge in [-0.15, -0.1) is 5.10 Å². The Morgan fingerprint density at radius 3 is 2.12 bits per heavy atom. The summed E-state index contributed by atoms with van der Waals surface area (Å²) >= 11 is 1.31. The number of hydrogen-bond acceptors (Lipinski definition) is 6. The van der Waals surface area contributed by atoms with E-state index < -0.39 is 0 Å². The lowest BCUT2D eigenvalue weighted by atomic mass is 10.0. The molecule has 1 N–H and O–H groups in total. The number of nitrogens with zero attached hydrogens (tertiary/aromatic N) is 6. The van der Waals surface area contributed by atoms with Crippen molar-refractivity contribution in [1.29, 1.82) is 0 Å². The third kappa shape index (κ3) is 9.50. The molecule has 0 radical (unpaired) electrons. The minimum atomic E-state index is -0.247. The van der Waals surface area contributed by atoms with Crippen molar-refractivity contribution in [3.63, 3.8) is 0 Å². The largest absolute Gasteiger partial charge is 1.00 e. The van der Waals surface area contributed by atoms with E-state index in [1.54, 1.807) is 4.52 Å². The molecule has 1 aliphatic heterocycles. The van der Waals surface area contributed by atoms with Crippen LogP contribution < -0.4 is 22.3 Å². The van der Waals surface area contributed by atoms with Gasteiger partial charge in [-0.05, 0) is 61.7 Å². The molecule has 3 aromatic carbocycles. The van der Waals surface area contributed by atoms with Crippen molar-refractivity contribution < 1.29 is 35.0 Å². The summed E-state index contributed by atoms with van der Waals surface area (Å²) in [6.07, 6.45) is 0.763. The Balaban J connectivity index is 0.00000468. The number of thioether (sulfide) groups is 1. The fourth-order valence-corrected chi connectivity index (χ4v) is 7.05. The summed E-state index contributed by atoms with van der Waals surface area (Å²) in [4.78, 5) is 24.7. The molecule has 3 heterocycles. The SMILES string of the molecule is Cc1ccc(Cc2c(C)nc3nc(SCC(=O)NCC[N+]4(Cc5ccc(F)cc5)CCN(Cc5ccc(F)cc5)CC4)nn3c2C)cc1.[Br-]. The van der Waals surface area contributed by atoms with E-state index in [1.165, 1.54) is 47.2 Å². The number of carbonyl (C=O) groups is 1. The minimum Gasteiger partial charge on any atom is -1.00 e. The van der Waals surface area contributed by atoms with Crippen LogP contribution in [-0.4, -0.2) is 79.9 Å². The Labute approximate surface area is 301 Å². The van der Waals surface area contributed by atoms with Crippen LogP contribution in [0, 0.1) is 32.4 Å². The summed E-state index contributed by atoms with van der Waals surface area (Å²) in [5.41, 5.74) is 7.65. The summed E-state index contributed by atoms with van der Waals surface area (Å²) in [6, 6.07) is 21.9. The lowest BCUT2D eigenvalue weighted by Gasteiger charge is -2.45. The molecule has 8 nitrogen and oxygen atoms in total. The molecule has 0 saturated carbocycles. The van der Waals surface area contributed by atoms with Crippen LogP contribution in [0.5, 0.6) is 0 Å². The average Bonchev–Trinajstić information content (AvgIpc) is 3.49. The van der Waals surface area contributed by atoms with Crippen molar-refractivity contribution in [1.82, 2.24) is 29.8 Å². The number of carbonyl (C=O) groups excluding carboxylic acids is 1. The molecule has 1 saturated heterocycles. The molecule has 0 spiro atoms. The summed E-state index contributed by atoms with van der Waals surface area (Å²) in [5.74, 6) is 0.186. The Kier molecular flexibility index (Phi) is 12.2. The zero-order chi connectivity index (χ0) is 33.7. The highest BCUT2D eigenvalue weighted by Gasteiger charge is 2.33. The first-order valence-corrected chi connectivity index (χ1v) is 17.4. The number of aromatic nitrogens is 4. The van der Waals surface area contributed by atoms with E-state index in [2.05, 4.69) is 51.5 Å². The fourth-order valence-electron chi connectivity index (χ4n) is 6.41. The summed E-state index contributed by atoms with van der Waals surface area (Å²) < 4.78 is 29.6. The zero-order valence-corrected chi connectivity index (χ0v) is 30.5. The van der Waals surface area contributed by atoms with Gasteiger partial charge in [-0.2, -0.15) is 4.98 Å². The highest BCUT2D eigenvalue weighted by atomic mass is 79.9. The standard InChI is InChI=1S/C37H41F2N7OS.BrH/c1-26-4-6-29(7-5-26)22-34-27(2)41-36-42-37(43-45(36)28(34)3)48-25-35(47)40-16-19-46(24-31-10-14-33(39)15-11-31)20-17-44(18-21-46)23-30-8-12-32(38)13-9-30;/h4-15H,16-25H2,1-3H3;1H. The highest BCUT2D eigenvalue weighted by Crippen LogP contribution is 2.22. The molecule has 0 aliphatic carbocycles. The summed E-state index contributed by atoms with van der Waals surface area (Å²) in [5, 5.41) is 8.30. The van der Waals surface area contributed by atoms with Gasteiger partial charge in [-0.3, -0.25) is 9.69 Å². The van der Waals surface area contributed by atoms with E-state index in [0.717, 1.165) is 84.8 Å². The van der Waals surface area contributed by atoms with E-state index in [-0.39, 0.29) is 40.3 Å². The maximum Gasteiger partial charge on any atom is 0.253 e. The number of benzene rings is 3. The molecule has 6 rings (SSSR count). The Morgan fingerprint density at radius 2 is 1.47 bits per heavy atom. The van der Waals surface area contributed by atoms with Gasteiger partial charge in [-0.1, -0.05) is 65.9 Å². The number of amides is 1. The first-order valence-electron chi connectivity index (χ1n) is 16.4. The lowest BCUT2D eigenvalue weighted by Crippen LogP contribution is -3.00. The van der Waals surface area contributed by atoms with Crippen LogP contribution in [0.2, 0.25) is 0 Å². The van der Waals surface area contributed by atoms with Crippen molar-refractivity contribution in [3.8, 4) is 0 Å². The molecule has 5 aromatic rings. The maximum atomic E-state index is 13.6. The van der Waals surface area contributed by atoms with Gasteiger partial charge in [0, 0.05) is 43.0 Å². The van der Waals surface area contributed by atoms with Crippen molar-refractivity contribution >= 4 is 23.4 Å². The maximum absolute atomic E-state index is 13.6. The van der Waals surface area contributed by atoms with Crippen molar-refractivity contribution in [2.24, 2.45) is 0 Å². The second kappa shape index (κ2) is 16.3. The lowest BCUT2D eigenvalue weighted by molar-refractivity contribution is -0.943. The number of aryl methyl sites for hydroxylation is 3. The van der Waals surface area contributed by atoms with Crippen LogP contribution in [0.3, 0.4) is 0 Å². The van der Waals surface area contributed by atoms with E-state index in [1.807, 2.05) is 38.1 Å². The minimum absolute atomic E-state index is 0. The predicted octanol–water partition coefficient (Wildman–Crippen LogP) is 2.66. The van der Waals surface area contributed by atoms with E-state index in [9.17, 15) is 13.6 Å². The molecule has 0 unspecified atom stereocenters. The predicted molar refractivity (Wildman–Crippen MR) is 185 cm³/mol. The first-order chi connectivity index (χ1) is 23.1. The van der Waals surface area contributed by atoms with Gasteiger partial charge in [0.25, 0.3) is 5.78 Å². The molecule has 0 bridgehead atoms. The number of hydrogen-bond donors (Lipinski definition) is 1. The molecule has 12 heteroatoms. The molecular weight excluding hydrogens is 708 g/mol. The molecule has 1 fully saturated rings. The number of rotatable bonds is 12. The van der Waals surface area contributed by atoms with Gasteiger partial charge in [0.05, 0.1) is 31.9 Å². The number of fused-ring (bicyclic) bond motifs is 1. The smallest absolute Gasteiger partial charge is 0.253 e. The molecular formula is C37H42BrF2N7OS. The molecule has 1 aliphatic rings. The van der Waals surface area contributed by atoms with Crippen LogP contribution in [-0.2, 0) is 24.3 Å². The normalized spacial score (nSPS) is 14.5. The van der Waals surface area contributed by atoms with Crippen LogP contribution >= 0.6 is 11.8 Å². The first kappa shape index (κ1) is 36.6. The van der Waals surface area contributed by atoms with Crippen molar-refractivity contribution in [3.05, 3.63) is 124 Å². The highest BCUT2D eigenvalue weighted by molar-refractivity contribution is 7.99. The molecule has 49 heavy (non-hydrogen) atoms. The Bertz CT molecular complexity index is 1860. The monoisotopic (exact) mass is 749 g/mol. The van der Waals surface area contributed by atoms with Gasteiger partial charge in [-0.25, -0.2) is 18.3 Å². The fraction of sp³-hybridized carbons (Fsp3) is 0.351. The van der Waals surface area contributed by atoms with Gasteiger partial charge in [0.2, 0.25) is 11.1 Å². The average molecular weight is 751 g/mol. The van der Waals surface area contributed by atoms with E-state index >= 15 is 0 Å². The van der Waals surface area contributed by atoms with Gasteiger partial charge in [0.15, 0.2) is 0 Å². The molecule has 1 amide bonds. The van der Waals surface area contributed by atoms with Crippen LogP contribution in [0.1, 0.15) is 39.2 Å².